The van der Waals surface area contributed by atoms with Crippen LogP contribution in [0.1, 0.15) is 25.1 Å². The molecule has 2 heterocycles. The fraction of sp³-hybridized carbons (Fsp3) is 0.714. The smallest absolute Gasteiger partial charge is 0.144 e. The molecule has 1 aromatic rings. The number of hydrogen-bond donors (Lipinski definition) is 1. The maximum atomic E-state index is 5.67. The summed E-state index contributed by atoms with van der Waals surface area (Å²) in [5.74, 6) is 2.19. The first-order valence-corrected chi connectivity index (χ1v) is 7.08. The van der Waals surface area contributed by atoms with Crippen molar-refractivity contribution < 1.29 is 0 Å². The van der Waals surface area contributed by atoms with Crippen LogP contribution in [0.15, 0.2) is 12.3 Å². The van der Waals surface area contributed by atoms with E-state index in [1.165, 1.54) is 32.4 Å². The number of nitrogen functional groups attached to an aromatic ring is 1. The summed E-state index contributed by atoms with van der Waals surface area (Å²) in [5.41, 5.74) is 5.67. The van der Waals surface area contributed by atoms with Gasteiger partial charge in [-0.25, -0.2) is 9.97 Å². The Labute approximate surface area is 115 Å². The van der Waals surface area contributed by atoms with Crippen LogP contribution in [0, 0.1) is 5.92 Å². The van der Waals surface area contributed by atoms with E-state index < -0.39 is 0 Å². The van der Waals surface area contributed by atoms with Crippen molar-refractivity contribution in [2.75, 3.05) is 39.5 Å². The van der Waals surface area contributed by atoms with Gasteiger partial charge in [0.25, 0.3) is 0 Å². The van der Waals surface area contributed by atoms with Crippen molar-refractivity contribution in [3.63, 3.8) is 0 Å². The molecule has 1 aliphatic rings. The number of anilines is 1. The number of nitrogens with zero attached hydrogens (tertiary/aromatic N) is 4. The van der Waals surface area contributed by atoms with E-state index in [9.17, 15) is 0 Å². The number of hydrogen-bond acceptors (Lipinski definition) is 5. The Balaban J connectivity index is 1.73. The normalized spacial score (nSPS) is 20.9. The minimum atomic E-state index is 0.548. The van der Waals surface area contributed by atoms with Crippen LogP contribution >= 0.6 is 0 Å². The third kappa shape index (κ3) is 4.76. The van der Waals surface area contributed by atoms with E-state index in [0.29, 0.717) is 5.82 Å². The van der Waals surface area contributed by atoms with Crippen LogP contribution in [0.4, 0.5) is 5.82 Å². The zero-order valence-corrected chi connectivity index (χ0v) is 12.0. The van der Waals surface area contributed by atoms with E-state index in [2.05, 4.69) is 33.9 Å². The molecule has 0 spiro atoms. The van der Waals surface area contributed by atoms with Gasteiger partial charge in [0.2, 0.25) is 0 Å². The Morgan fingerprint density at radius 3 is 3.11 bits per heavy atom. The summed E-state index contributed by atoms with van der Waals surface area (Å²) in [6.07, 6.45) is 5.68. The highest BCUT2D eigenvalue weighted by molar-refractivity contribution is 5.24. The largest absolute Gasteiger partial charge is 0.384 e. The molecule has 5 nitrogen and oxygen atoms in total. The maximum absolute atomic E-state index is 5.67. The van der Waals surface area contributed by atoms with E-state index in [0.717, 1.165) is 24.8 Å². The van der Waals surface area contributed by atoms with Crippen LogP contribution in [0.25, 0.3) is 0 Å². The number of likely N-dealkylation sites (tertiary alicyclic amines) is 1. The van der Waals surface area contributed by atoms with Gasteiger partial charge in [0.05, 0.1) is 6.54 Å². The molecule has 19 heavy (non-hydrogen) atoms. The Morgan fingerprint density at radius 2 is 2.37 bits per heavy atom. The van der Waals surface area contributed by atoms with Gasteiger partial charge in [-0.1, -0.05) is 0 Å². The van der Waals surface area contributed by atoms with E-state index in [1.54, 1.807) is 12.3 Å². The second kappa shape index (κ2) is 6.82. The summed E-state index contributed by atoms with van der Waals surface area (Å²) < 4.78 is 0. The number of nitrogens with two attached hydrogens (primary N) is 1. The fourth-order valence-corrected chi connectivity index (χ4v) is 2.72. The predicted octanol–water partition coefficient (Wildman–Crippen LogP) is 1.22. The SMILES string of the molecule is CN(CCC1CCCN(C)C1)Cc1nccc(N)n1. The van der Waals surface area contributed by atoms with Crippen molar-refractivity contribution in [1.29, 1.82) is 0 Å². The van der Waals surface area contributed by atoms with Gasteiger partial charge in [-0.15, -0.1) is 0 Å². The van der Waals surface area contributed by atoms with Crippen LogP contribution in [0.2, 0.25) is 0 Å². The lowest BCUT2D eigenvalue weighted by atomic mass is 9.95. The van der Waals surface area contributed by atoms with Gasteiger partial charge in [-0.2, -0.15) is 0 Å². The quantitative estimate of drug-likeness (QED) is 0.865. The van der Waals surface area contributed by atoms with Crippen LogP contribution in [-0.2, 0) is 6.54 Å². The number of aromatic nitrogens is 2. The first kappa shape index (κ1) is 14.2. The summed E-state index contributed by atoms with van der Waals surface area (Å²) in [6, 6.07) is 1.72. The lowest BCUT2D eigenvalue weighted by Gasteiger charge is -2.30. The van der Waals surface area contributed by atoms with E-state index in [4.69, 9.17) is 5.73 Å². The number of rotatable bonds is 5. The Hall–Kier alpha value is -1.20. The van der Waals surface area contributed by atoms with Gasteiger partial charge in [-0.05, 0) is 58.4 Å². The molecule has 0 saturated carbocycles. The lowest BCUT2D eigenvalue weighted by Crippen LogP contribution is -2.34. The van der Waals surface area contributed by atoms with Gasteiger partial charge < -0.3 is 10.6 Å². The molecular formula is C14H25N5. The Morgan fingerprint density at radius 1 is 1.53 bits per heavy atom. The van der Waals surface area contributed by atoms with Crippen molar-refractivity contribution in [3.8, 4) is 0 Å². The number of piperidine rings is 1. The third-order valence-electron chi connectivity index (χ3n) is 3.78. The molecule has 5 heteroatoms. The van der Waals surface area contributed by atoms with Crippen LogP contribution in [0.3, 0.4) is 0 Å². The summed E-state index contributed by atoms with van der Waals surface area (Å²) in [4.78, 5) is 13.2. The molecule has 1 atom stereocenters. The highest BCUT2D eigenvalue weighted by Gasteiger charge is 2.17. The van der Waals surface area contributed by atoms with Gasteiger partial charge in [0.15, 0.2) is 0 Å². The fourth-order valence-electron chi connectivity index (χ4n) is 2.72. The van der Waals surface area contributed by atoms with Gasteiger partial charge >= 0.3 is 0 Å². The van der Waals surface area contributed by atoms with Crippen molar-refractivity contribution >= 4 is 5.82 Å². The monoisotopic (exact) mass is 263 g/mol. The molecule has 1 aliphatic heterocycles. The summed E-state index contributed by atoms with van der Waals surface area (Å²) >= 11 is 0. The molecule has 0 amide bonds. The molecule has 1 saturated heterocycles. The van der Waals surface area contributed by atoms with Gasteiger partial charge in [0.1, 0.15) is 11.6 Å². The van der Waals surface area contributed by atoms with E-state index in [1.807, 2.05) is 0 Å². The molecular weight excluding hydrogens is 238 g/mol. The minimum absolute atomic E-state index is 0.548. The average molecular weight is 263 g/mol. The average Bonchev–Trinajstić information content (AvgIpc) is 2.36. The standard InChI is InChI=1S/C14H25N5/c1-18-8-3-4-12(10-18)6-9-19(2)11-14-16-7-5-13(15)17-14/h5,7,12H,3-4,6,8-11H2,1-2H3,(H2,15,16,17). The lowest BCUT2D eigenvalue weighted by molar-refractivity contribution is 0.183. The topological polar surface area (TPSA) is 58.3 Å². The predicted molar refractivity (Wildman–Crippen MR) is 77.6 cm³/mol. The summed E-state index contributed by atoms with van der Waals surface area (Å²) in [5, 5.41) is 0. The minimum Gasteiger partial charge on any atom is -0.384 e. The van der Waals surface area contributed by atoms with Crippen molar-refractivity contribution in [2.45, 2.75) is 25.8 Å². The first-order chi connectivity index (χ1) is 9.13. The van der Waals surface area contributed by atoms with E-state index >= 15 is 0 Å². The highest BCUT2D eigenvalue weighted by atomic mass is 15.1. The van der Waals surface area contributed by atoms with E-state index in [-0.39, 0.29) is 0 Å². The molecule has 0 aromatic carbocycles. The molecule has 0 aliphatic carbocycles. The maximum Gasteiger partial charge on any atom is 0.144 e. The molecule has 0 bridgehead atoms. The Bertz CT molecular complexity index is 395. The molecule has 2 N–H and O–H groups in total. The third-order valence-corrected chi connectivity index (χ3v) is 3.78. The van der Waals surface area contributed by atoms with Crippen LogP contribution < -0.4 is 5.73 Å². The molecule has 1 aromatic heterocycles. The second-order valence-corrected chi connectivity index (χ2v) is 5.69. The second-order valence-electron chi connectivity index (χ2n) is 5.69. The van der Waals surface area contributed by atoms with Crippen LogP contribution in [0.5, 0.6) is 0 Å². The van der Waals surface area contributed by atoms with Crippen molar-refractivity contribution in [3.05, 3.63) is 18.1 Å². The summed E-state index contributed by atoms with van der Waals surface area (Å²) in [6.45, 7) is 4.36. The zero-order valence-electron chi connectivity index (χ0n) is 12.0. The van der Waals surface area contributed by atoms with Crippen molar-refractivity contribution in [2.24, 2.45) is 5.92 Å². The highest BCUT2D eigenvalue weighted by Crippen LogP contribution is 2.18. The Kier molecular flexibility index (Phi) is 5.10. The molecule has 1 unspecified atom stereocenters. The van der Waals surface area contributed by atoms with Gasteiger partial charge in [-0.3, -0.25) is 4.90 Å². The molecule has 1 fully saturated rings. The molecule has 0 radical (unpaired) electrons. The summed E-state index contributed by atoms with van der Waals surface area (Å²) in [7, 11) is 4.34. The first-order valence-electron chi connectivity index (χ1n) is 7.08. The van der Waals surface area contributed by atoms with Crippen molar-refractivity contribution in [1.82, 2.24) is 19.8 Å². The van der Waals surface area contributed by atoms with Crippen LogP contribution in [-0.4, -0.2) is 53.5 Å². The molecule has 2 rings (SSSR count). The van der Waals surface area contributed by atoms with Gasteiger partial charge in [0, 0.05) is 12.7 Å². The molecule has 106 valence electrons. The zero-order chi connectivity index (χ0) is 13.7.